The molecular formula is C15H21F2NO3. The molecule has 1 saturated carbocycles. The number of rotatable bonds is 5. The quantitative estimate of drug-likeness (QED) is 0.601. The number of oxazole rings is 1. The first-order chi connectivity index (χ1) is 10.1. The smallest absolute Gasteiger partial charge is 0.376 e. The summed E-state index contributed by atoms with van der Waals surface area (Å²) >= 11 is 0. The number of carbonyl (C=O) groups is 1. The van der Waals surface area contributed by atoms with Crippen molar-refractivity contribution in [2.75, 3.05) is 6.61 Å². The van der Waals surface area contributed by atoms with Gasteiger partial charge < -0.3 is 9.15 Å². The van der Waals surface area contributed by atoms with Gasteiger partial charge in [-0.2, -0.15) is 0 Å². The Kier molecular flexibility index (Phi) is 5.70. The lowest BCUT2D eigenvalue weighted by atomic mass is 9.97. The second-order valence-electron chi connectivity index (χ2n) is 5.40. The lowest BCUT2D eigenvalue weighted by molar-refractivity contribution is 0.0473. The van der Waals surface area contributed by atoms with Crippen molar-refractivity contribution >= 4 is 5.97 Å². The lowest BCUT2D eigenvalue weighted by Crippen LogP contribution is -2.06. The van der Waals surface area contributed by atoms with Crippen molar-refractivity contribution in [3.8, 4) is 0 Å². The van der Waals surface area contributed by atoms with E-state index < -0.39 is 23.8 Å². The van der Waals surface area contributed by atoms with Crippen LogP contribution in [0.3, 0.4) is 0 Å². The van der Waals surface area contributed by atoms with Gasteiger partial charge in [0.05, 0.1) is 6.61 Å². The SMILES string of the molecule is CCOC(=O)c1oc(CC2CCCCCC2)nc1C(F)F. The van der Waals surface area contributed by atoms with Gasteiger partial charge in [0.15, 0.2) is 11.6 Å². The van der Waals surface area contributed by atoms with E-state index in [-0.39, 0.29) is 12.5 Å². The third-order valence-electron chi connectivity index (χ3n) is 3.80. The van der Waals surface area contributed by atoms with E-state index in [9.17, 15) is 13.6 Å². The highest BCUT2D eigenvalue weighted by atomic mass is 19.3. The Morgan fingerprint density at radius 3 is 2.57 bits per heavy atom. The van der Waals surface area contributed by atoms with E-state index in [0.29, 0.717) is 12.3 Å². The second-order valence-corrected chi connectivity index (χ2v) is 5.40. The molecule has 0 radical (unpaired) electrons. The van der Waals surface area contributed by atoms with Gasteiger partial charge in [0, 0.05) is 6.42 Å². The van der Waals surface area contributed by atoms with Gasteiger partial charge in [-0.15, -0.1) is 0 Å². The molecule has 0 aliphatic heterocycles. The minimum atomic E-state index is -2.84. The van der Waals surface area contributed by atoms with Gasteiger partial charge in [-0.05, 0) is 25.7 Å². The van der Waals surface area contributed by atoms with E-state index in [1.54, 1.807) is 6.92 Å². The summed E-state index contributed by atoms with van der Waals surface area (Å²) in [7, 11) is 0. The van der Waals surface area contributed by atoms with Crippen LogP contribution in [0.4, 0.5) is 8.78 Å². The van der Waals surface area contributed by atoms with Gasteiger partial charge in [-0.3, -0.25) is 0 Å². The monoisotopic (exact) mass is 301 g/mol. The largest absolute Gasteiger partial charge is 0.460 e. The minimum Gasteiger partial charge on any atom is -0.460 e. The van der Waals surface area contributed by atoms with Crippen molar-refractivity contribution < 1.29 is 22.7 Å². The van der Waals surface area contributed by atoms with Crippen LogP contribution in [-0.2, 0) is 11.2 Å². The summed E-state index contributed by atoms with van der Waals surface area (Å²) < 4.78 is 35.9. The van der Waals surface area contributed by atoms with Gasteiger partial charge in [-0.25, -0.2) is 18.6 Å². The van der Waals surface area contributed by atoms with Crippen LogP contribution >= 0.6 is 0 Å². The van der Waals surface area contributed by atoms with E-state index in [1.807, 2.05) is 0 Å². The van der Waals surface area contributed by atoms with Crippen LogP contribution in [0, 0.1) is 5.92 Å². The number of nitrogens with zero attached hydrogens (tertiary/aromatic N) is 1. The summed E-state index contributed by atoms with van der Waals surface area (Å²) in [6.07, 6.45) is 4.53. The molecule has 1 aromatic rings. The van der Waals surface area contributed by atoms with Crippen molar-refractivity contribution in [2.45, 2.75) is 58.3 Å². The summed E-state index contributed by atoms with van der Waals surface area (Å²) in [5.74, 6) is -0.699. The molecule has 1 aliphatic carbocycles. The zero-order valence-corrected chi connectivity index (χ0v) is 12.2. The average molecular weight is 301 g/mol. The molecule has 1 heterocycles. The summed E-state index contributed by atoms with van der Waals surface area (Å²) in [4.78, 5) is 15.5. The lowest BCUT2D eigenvalue weighted by Gasteiger charge is -2.10. The molecule has 0 aromatic carbocycles. The molecule has 0 atom stereocenters. The maximum Gasteiger partial charge on any atom is 0.376 e. The van der Waals surface area contributed by atoms with E-state index in [2.05, 4.69) is 4.98 Å². The van der Waals surface area contributed by atoms with Crippen LogP contribution < -0.4 is 0 Å². The number of alkyl halides is 2. The van der Waals surface area contributed by atoms with Gasteiger partial charge in [0.1, 0.15) is 0 Å². The maximum atomic E-state index is 13.0. The number of carbonyl (C=O) groups excluding carboxylic acids is 1. The predicted octanol–water partition coefficient (Wildman–Crippen LogP) is 4.30. The molecule has 0 unspecified atom stereocenters. The van der Waals surface area contributed by atoms with Gasteiger partial charge >= 0.3 is 5.97 Å². The zero-order valence-electron chi connectivity index (χ0n) is 12.2. The highest BCUT2D eigenvalue weighted by molar-refractivity contribution is 5.87. The molecule has 1 fully saturated rings. The Labute approximate surface area is 122 Å². The van der Waals surface area contributed by atoms with Gasteiger partial charge in [-0.1, -0.05) is 25.7 Å². The Hall–Kier alpha value is -1.46. The highest BCUT2D eigenvalue weighted by Gasteiger charge is 2.28. The maximum absolute atomic E-state index is 13.0. The molecule has 0 spiro atoms. The summed E-state index contributed by atoms with van der Waals surface area (Å²) in [6, 6.07) is 0. The molecule has 0 saturated heterocycles. The average Bonchev–Trinajstić information content (AvgIpc) is 2.69. The van der Waals surface area contributed by atoms with Crippen LogP contribution in [0.5, 0.6) is 0 Å². The van der Waals surface area contributed by atoms with Crippen molar-refractivity contribution in [2.24, 2.45) is 5.92 Å². The van der Waals surface area contributed by atoms with E-state index >= 15 is 0 Å². The minimum absolute atomic E-state index is 0.111. The number of aromatic nitrogens is 1. The molecule has 0 bridgehead atoms. The van der Waals surface area contributed by atoms with E-state index in [1.165, 1.54) is 12.8 Å². The molecule has 21 heavy (non-hydrogen) atoms. The predicted molar refractivity (Wildman–Crippen MR) is 72.3 cm³/mol. The Morgan fingerprint density at radius 1 is 1.33 bits per heavy atom. The van der Waals surface area contributed by atoms with Gasteiger partial charge in [0.25, 0.3) is 6.43 Å². The van der Waals surface area contributed by atoms with E-state index in [4.69, 9.17) is 9.15 Å². The molecule has 1 aliphatic rings. The Balaban J connectivity index is 2.12. The number of halogens is 2. The number of ether oxygens (including phenoxy) is 1. The van der Waals surface area contributed by atoms with Crippen molar-refractivity contribution in [3.05, 3.63) is 17.3 Å². The third-order valence-corrected chi connectivity index (χ3v) is 3.80. The Morgan fingerprint density at radius 2 is 2.00 bits per heavy atom. The van der Waals surface area contributed by atoms with Crippen molar-refractivity contribution in [3.63, 3.8) is 0 Å². The fraction of sp³-hybridized carbons (Fsp3) is 0.733. The third kappa shape index (κ3) is 4.25. The van der Waals surface area contributed by atoms with Gasteiger partial charge in [0.2, 0.25) is 5.76 Å². The fourth-order valence-corrected chi connectivity index (χ4v) is 2.77. The molecule has 2 rings (SSSR count). The van der Waals surface area contributed by atoms with E-state index in [0.717, 1.165) is 25.7 Å². The summed E-state index contributed by atoms with van der Waals surface area (Å²) in [5, 5.41) is 0. The number of hydrogen-bond acceptors (Lipinski definition) is 4. The molecule has 0 N–H and O–H groups in total. The zero-order chi connectivity index (χ0) is 15.2. The topological polar surface area (TPSA) is 52.3 Å². The fourth-order valence-electron chi connectivity index (χ4n) is 2.77. The standard InChI is InChI=1S/C15H21F2NO3/c1-2-20-15(19)13-12(14(16)17)18-11(21-13)9-10-7-5-3-4-6-8-10/h10,14H,2-9H2,1H3. The first kappa shape index (κ1) is 15.9. The van der Waals surface area contributed by atoms with Crippen LogP contribution in [0.2, 0.25) is 0 Å². The number of esters is 1. The van der Waals surface area contributed by atoms with Crippen molar-refractivity contribution in [1.29, 1.82) is 0 Å². The van der Waals surface area contributed by atoms with Crippen LogP contribution in [0.15, 0.2) is 4.42 Å². The van der Waals surface area contributed by atoms with Crippen LogP contribution in [-0.4, -0.2) is 17.6 Å². The van der Waals surface area contributed by atoms with Crippen LogP contribution in [0.1, 0.15) is 74.0 Å². The van der Waals surface area contributed by atoms with Crippen molar-refractivity contribution in [1.82, 2.24) is 4.98 Å². The second kappa shape index (κ2) is 7.52. The highest BCUT2D eigenvalue weighted by Crippen LogP contribution is 2.29. The Bertz CT molecular complexity index is 465. The summed E-state index contributed by atoms with van der Waals surface area (Å²) in [5.41, 5.74) is -0.600. The first-order valence-corrected chi connectivity index (χ1v) is 7.56. The molecule has 118 valence electrons. The molecule has 4 nitrogen and oxygen atoms in total. The number of hydrogen-bond donors (Lipinski definition) is 0. The molecular weight excluding hydrogens is 280 g/mol. The normalized spacial score (nSPS) is 17.0. The molecule has 0 amide bonds. The molecule has 1 aromatic heterocycles. The summed E-state index contributed by atoms with van der Waals surface area (Å²) in [6.45, 7) is 1.73. The molecule has 6 heteroatoms. The first-order valence-electron chi connectivity index (χ1n) is 7.56. The van der Waals surface area contributed by atoms with Crippen LogP contribution in [0.25, 0.3) is 0 Å².